The second-order valence-electron chi connectivity index (χ2n) is 4.97. The Bertz CT molecular complexity index is 330. The first kappa shape index (κ1) is 14.3. The van der Waals surface area contributed by atoms with E-state index >= 15 is 0 Å². The first-order valence-electron chi connectivity index (χ1n) is 7.21. The number of rotatable bonds is 5. The third kappa shape index (κ3) is 3.94. The van der Waals surface area contributed by atoms with Crippen LogP contribution >= 0.6 is 0 Å². The predicted octanol–water partition coefficient (Wildman–Crippen LogP) is 1.27. The summed E-state index contributed by atoms with van der Waals surface area (Å²) >= 11 is 0. The number of hydrogen-bond donors (Lipinski definition) is 2. The highest BCUT2D eigenvalue weighted by Crippen LogP contribution is 2.27. The predicted molar refractivity (Wildman–Crippen MR) is 76.2 cm³/mol. The van der Waals surface area contributed by atoms with Gasteiger partial charge in [-0.1, -0.05) is 0 Å². The molecule has 1 unspecified atom stereocenters. The first-order valence-corrected chi connectivity index (χ1v) is 7.21. The fraction of sp³-hybridized carbons (Fsp3) is 0.786. The second kappa shape index (κ2) is 7.50. The molecule has 0 aromatic rings. The number of hydrogen-bond acceptors (Lipinski definition) is 5. The van der Waals surface area contributed by atoms with Crippen molar-refractivity contribution in [2.24, 2.45) is 10.9 Å². The van der Waals surface area contributed by atoms with Gasteiger partial charge in [0, 0.05) is 38.9 Å². The average molecular weight is 267 g/mol. The summed E-state index contributed by atoms with van der Waals surface area (Å²) in [6, 6.07) is 0. The minimum atomic E-state index is 0.254. The highest BCUT2D eigenvalue weighted by atomic mass is 16.5. The highest BCUT2D eigenvalue weighted by Gasteiger charge is 2.24. The molecular formula is C14H25N3O2. The first-order chi connectivity index (χ1) is 9.35. The topological polar surface area (TPSA) is 54.9 Å². The van der Waals surface area contributed by atoms with Crippen LogP contribution in [0.5, 0.6) is 0 Å². The monoisotopic (exact) mass is 267 g/mol. The molecular weight excluding hydrogens is 242 g/mol. The van der Waals surface area contributed by atoms with Gasteiger partial charge in [-0.25, -0.2) is 0 Å². The molecule has 5 nitrogen and oxygen atoms in total. The Balaban J connectivity index is 2.12. The van der Waals surface area contributed by atoms with Crippen LogP contribution in [-0.4, -0.2) is 45.7 Å². The van der Waals surface area contributed by atoms with Crippen LogP contribution in [0.25, 0.3) is 0 Å². The maximum absolute atomic E-state index is 6.08. The van der Waals surface area contributed by atoms with E-state index in [9.17, 15) is 0 Å². The molecule has 0 bridgehead atoms. The lowest BCUT2D eigenvalue weighted by Gasteiger charge is -2.25. The maximum atomic E-state index is 6.08. The van der Waals surface area contributed by atoms with Gasteiger partial charge in [0.15, 0.2) is 0 Å². The van der Waals surface area contributed by atoms with E-state index in [2.05, 4.69) is 15.6 Å². The van der Waals surface area contributed by atoms with Crippen LogP contribution in [0.15, 0.2) is 16.6 Å². The Morgan fingerprint density at radius 3 is 2.74 bits per heavy atom. The number of allylic oxidation sites excluding steroid dienone is 1. The molecule has 0 aromatic carbocycles. The van der Waals surface area contributed by atoms with Gasteiger partial charge >= 0.3 is 0 Å². The lowest BCUT2D eigenvalue weighted by atomic mass is 9.96. The van der Waals surface area contributed by atoms with E-state index in [1.807, 2.05) is 20.2 Å². The Hall–Kier alpha value is -1.07. The normalized spacial score (nSPS) is 26.5. The lowest BCUT2D eigenvalue weighted by molar-refractivity contribution is 0.0692. The van der Waals surface area contributed by atoms with Crippen molar-refractivity contribution < 1.29 is 9.47 Å². The second-order valence-corrected chi connectivity index (χ2v) is 4.97. The van der Waals surface area contributed by atoms with Gasteiger partial charge in [0.1, 0.15) is 11.8 Å². The van der Waals surface area contributed by atoms with Crippen molar-refractivity contribution in [3.8, 4) is 0 Å². The van der Waals surface area contributed by atoms with Gasteiger partial charge in [-0.05, 0) is 32.7 Å². The zero-order valence-corrected chi connectivity index (χ0v) is 11.9. The number of nitrogens with zero attached hydrogens (tertiary/aromatic N) is 1. The van der Waals surface area contributed by atoms with E-state index in [4.69, 9.17) is 9.47 Å². The lowest BCUT2D eigenvalue weighted by Crippen LogP contribution is -2.26. The van der Waals surface area contributed by atoms with Crippen LogP contribution in [0.1, 0.15) is 26.2 Å². The summed E-state index contributed by atoms with van der Waals surface area (Å²) in [6.45, 7) is 5.53. The van der Waals surface area contributed by atoms with E-state index in [1.54, 1.807) is 0 Å². The molecule has 0 radical (unpaired) electrons. The molecule has 2 fully saturated rings. The van der Waals surface area contributed by atoms with Crippen molar-refractivity contribution in [3.63, 3.8) is 0 Å². The van der Waals surface area contributed by atoms with Gasteiger partial charge in [0.2, 0.25) is 5.88 Å². The molecule has 0 spiro atoms. The van der Waals surface area contributed by atoms with Gasteiger partial charge in [-0.3, -0.25) is 4.99 Å². The summed E-state index contributed by atoms with van der Waals surface area (Å²) in [6.07, 6.45) is 5.19. The van der Waals surface area contributed by atoms with Crippen LogP contribution in [0.2, 0.25) is 0 Å². The van der Waals surface area contributed by atoms with Crippen molar-refractivity contribution in [2.45, 2.75) is 32.3 Å². The molecule has 2 aliphatic heterocycles. The number of ether oxygens (including phenoxy) is 2. The van der Waals surface area contributed by atoms with Crippen molar-refractivity contribution in [2.75, 3.05) is 33.4 Å². The van der Waals surface area contributed by atoms with E-state index in [0.717, 1.165) is 57.1 Å². The standard InChI is InChI=1S/C14H25N3O2/c1-3-17-13(11-5-8-18-9-6-11)14(15-2)19-12-4-7-16-10-12/h3,11-12,15-16H,4-10H2,1-2H3/b14-13+,17-3?. The molecule has 2 heterocycles. The molecule has 0 aliphatic carbocycles. The van der Waals surface area contributed by atoms with Crippen LogP contribution in [-0.2, 0) is 9.47 Å². The van der Waals surface area contributed by atoms with Gasteiger partial charge in [0.05, 0.1) is 0 Å². The third-order valence-corrected chi connectivity index (χ3v) is 3.64. The van der Waals surface area contributed by atoms with Crippen molar-refractivity contribution in [1.82, 2.24) is 10.6 Å². The minimum Gasteiger partial charge on any atom is -0.473 e. The van der Waals surface area contributed by atoms with Gasteiger partial charge < -0.3 is 20.1 Å². The Morgan fingerprint density at radius 2 is 2.16 bits per heavy atom. The van der Waals surface area contributed by atoms with Crippen molar-refractivity contribution in [3.05, 3.63) is 11.6 Å². The molecule has 0 saturated carbocycles. The van der Waals surface area contributed by atoms with Crippen LogP contribution in [0.4, 0.5) is 0 Å². The fourth-order valence-electron chi connectivity index (χ4n) is 2.60. The smallest absolute Gasteiger partial charge is 0.209 e. The molecule has 5 heteroatoms. The zero-order valence-electron chi connectivity index (χ0n) is 11.9. The third-order valence-electron chi connectivity index (χ3n) is 3.64. The Morgan fingerprint density at radius 1 is 1.37 bits per heavy atom. The molecule has 19 heavy (non-hydrogen) atoms. The van der Waals surface area contributed by atoms with E-state index < -0.39 is 0 Å². The Labute approximate surface area is 115 Å². The molecule has 2 aliphatic rings. The van der Waals surface area contributed by atoms with Crippen molar-refractivity contribution >= 4 is 6.21 Å². The number of aliphatic imine (C=N–C) groups is 1. The molecule has 0 aromatic heterocycles. The average Bonchev–Trinajstić information content (AvgIpc) is 2.96. The van der Waals surface area contributed by atoms with Crippen LogP contribution in [0.3, 0.4) is 0 Å². The molecule has 2 N–H and O–H groups in total. The van der Waals surface area contributed by atoms with E-state index in [1.165, 1.54) is 0 Å². The fourth-order valence-corrected chi connectivity index (χ4v) is 2.60. The molecule has 108 valence electrons. The minimum absolute atomic E-state index is 0.254. The van der Waals surface area contributed by atoms with Gasteiger partial charge in [-0.15, -0.1) is 0 Å². The molecule has 2 rings (SSSR count). The molecule has 2 saturated heterocycles. The zero-order chi connectivity index (χ0) is 13.5. The quantitative estimate of drug-likeness (QED) is 0.582. The molecule has 1 atom stereocenters. The van der Waals surface area contributed by atoms with Gasteiger partial charge in [0.25, 0.3) is 0 Å². The molecule has 0 amide bonds. The summed E-state index contributed by atoms with van der Waals surface area (Å²) in [5.74, 6) is 1.26. The summed E-state index contributed by atoms with van der Waals surface area (Å²) < 4.78 is 11.5. The summed E-state index contributed by atoms with van der Waals surface area (Å²) in [7, 11) is 1.90. The SMILES string of the molecule is CC=N/C(=C(\NC)OC1CCNC1)C1CCOCC1. The summed E-state index contributed by atoms with van der Waals surface area (Å²) in [5, 5.41) is 6.50. The van der Waals surface area contributed by atoms with Crippen LogP contribution < -0.4 is 10.6 Å². The van der Waals surface area contributed by atoms with Gasteiger partial charge in [-0.2, -0.15) is 0 Å². The summed E-state index contributed by atoms with van der Waals surface area (Å²) in [5.41, 5.74) is 1.04. The van der Waals surface area contributed by atoms with E-state index in [0.29, 0.717) is 5.92 Å². The van der Waals surface area contributed by atoms with E-state index in [-0.39, 0.29) is 6.10 Å². The van der Waals surface area contributed by atoms with Crippen LogP contribution in [0, 0.1) is 5.92 Å². The highest BCUT2D eigenvalue weighted by molar-refractivity contribution is 5.55. The Kier molecular flexibility index (Phi) is 5.66. The largest absolute Gasteiger partial charge is 0.473 e. The maximum Gasteiger partial charge on any atom is 0.209 e. The van der Waals surface area contributed by atoms with Crippen molar-refractivity contribution in [1.29, 1.82) is 0 Å². The number of nitrogens with one attached hydrogen (secondary N) is 2. The summed E-state index contributed by atoms with van der Waals surface area (Å²) in [4.78, 5) is 4.55.